The maximum absolute atomic E-state index is 6.20. The summed E-state index contributed by atoms with van der Waals surface area (Å²) in [7, 11) is 0. The predicted octanol–water partition coefficient (Wildman–Crippen LogP) is 2.98. The topological polar surface area (TPSA) is 51.4 Å². The fourth-order valence-electron chi connectivity index (χ4n) is 3.16. The molecule has 2 saturated heterocycles. The monoisotopic (exact) mass is 331 g/mol. The normalized spacial score (nSPS) is 29.3. The van der Waals surface area contributed by atoms with E-state index in [0.717, 1.165) is 50.5 Å². The molecule has 2 fully saturated rings. The lowest BCUT2D eigenvalue weighted by Crippen LogP contribution is -2.51. The van der Waals surface area contributed by atoms with Gasteiger partial charge in [0.25, 0.3) is 0 Å². The molecule has 4 nitrogen and oxygen atoms in total. The van der Waals surface area contributed by atoms with Gasteiger partial charge in [-0.3, -0.25) is 4.90 Å². The van der Waals surface area contributed by atoms with Crippen LogP contribution in [0.25, 0.3) is 0 Å². The molecule has 3 rings (SSSR count). The highest BCUT2D eigenvalue weighted by Gasteiger charge is 2.33. The van der Waals surface area contributed by atoms with Gasteiger partial charge < -0.3 is 10.5 Å². The van der Waals surface area contributed by atoms with Crippen LogP contribution in [0.5, 0.6) is 0 Å². The van der Waals surface area contributed by atoms with Gasteiger partial charge in [0.2, 0.25) is 0 Å². The zero-order chi connectivity index (χ0) is 14.2. The van der Waals surface area contributed by atoms with E-state index in [4.69, 9.17) is 10.5 Å². The Balaban J connectivity index is 0.00000161. The molecule has 0 amide bonds. The van der Waals surface area contributed by atoms with Crippen LogP contribution >= 0.6 is 23.7 Å². The van der Waals surface area contributed by atoms with Gasteiger partial charge in [-0.2, -0.15) is 0 Å². The highest BCUT2D eigenvalue weighted by atomic mass is 35.5. The van der Waals surface area contributed by atoms with Crippen molar-refractivity contribution in [3.05, 3.63) is 16.1 Å². The molecule has 0 spiro atoms. The first kappa shape index (κ1) is 17.2. The van der Waals surface area contributed by atoms with Crippen LogP contribution in [0.1, 0.15) is 49.1 Å². The van der Waals surface area contributed by atoms with Crippen LogP contribution in [0, 0.1) is 5.41 Å². The van der Waals surface area contributed by atoms with Crippen molar-refractivity contribution in [2.45, 2.75) is 51.8 Å². The van der Waals surface area contributed by atoms with E-state index in [2.05, 4.69) is 23.7 Å². The van der Waals surface area contributed by atoms with Crippen molar-refractivity contribution in [3.8, 4) is 0 Å². The predicted molar refractivity (Wildman–Crippen MR) is 88.9 cm³/mol. The molecule has 0 radical (unpaired) electrons. The lowest BCUT2D eigenvalue weighted by Gasteiger charge is -2.42. The summed E-state index contributed by atoms with van der Waals surface area (Å²) in [6.07, 6.45) is 5.66. The van der Waals surface area contributed by atoms with Crippen LogP contribution in [0.4, 0.5) is 0 Å². The molecule has 0 bridgehead atoms. The standard InChI is InChI=1S/C15H25N3OS.ClH/c1-15(2)10-18(6-5-13(15)16)9-11-8-17-14(20-11)12-4-3-7-19-12;/h8,12-13H,3-7,9-10,16H2,1-2H3;1H. The first-order valence-corrected chi connectivity index (χ1v) is 8.40. The molecule has 2 N–H and O–H groups in total. The Morgan fingerprint density at radius 3 is 2.95 bits per heavy atom. The van der Waals surface area contributed by atoms with Crippen LogP contribution in [0.15, 0.2) is 6.20 Å². The average Bonchev–Trinajstić information content (AvgIpc) is 3.03. The molecule has 2 aliphatic rings. The third kappa shape index (κ3) is 3.96. The van der Waals surface area contributed by atoms with E-state index in [0.29, 0.717) is 6.04 Å². The minimum atomic E-state index is 0. The highest BCUT2D eigenvalue weighted by molar-refractivity contribution is 7.11. The van der Waals surface area contributed by atoms with Crippen molar-refractivity contribution in [2.24, 2.45) is 11.1 Å². The summed E-state index contributed by atoms with van der Waals surface area (Å²) in [4.78, 5) is 8.42. The van der Waals surface area contributed by atoms with Crippen molar-refractivity contribution < 1.29 is 4.74 Å². The molecular formula is C15H26ClN3OS. The number of ether oxygens (including phenoxy) is 1. The maximum Gasteiger partial charge on any atom is 0.122 e. The molecule has 0 aliphatic carbocycles. The Kier molecular flexibility index (Phi) is 5.65. The number of nitrogens with zero attached hydrogens (tertiary/aromatic N) is 2. The summed E-state index contributed by atoms with van der Waals surface area (Å²) in [5.74, 6) is 0. The summed E-state index contributed by atoms with van der Waals surface area (Å²) < 4.78 is 5.71. The van der Waals surface area contributed by atoms with Gasteiger partial charge in [-0.05, 0) is 24.7 Å². The van der Waals surface area contributed by atoms with Gasteiger partial charge in [0, 0.05) is 43.4 Å². The second-order valence-electron chi connectivity index (χ2n) is 6.76. The number of halogens is 1. The van der Waals surface area contributed by atoms with E-state index >= 15 is 0 Å². The molecule has 6 heteroatoms. The van der Waals surface area contributed by atoms with Crippen LogP contribution in [-0.2, 0) is 11.3 Å². The summed E-state index contributed by atoms with van der Waals surface area (Å²) in [5, 5.41) is 1.16. The number of hydrogen-bond donors (Lipinski definition) is 1. The molecule has 2 aliphatic heterocycles. The fourth-order valence-corrected chi connectivity index (χ4v) is 4.20. The van der Waals surface area contributed by atoms with Crippen molar-refractivity contribution in [1.82, 2.24) is 9.88 Å². The minimum Gasteiger partial charge on any atom is -0.371 e. The molecule has 2 unspecified atom stereocenters. The van der Waals surface area contributed by atoms with Crippen molar-refractivity contribution in [3.63, 3.8) is 0 Å². The largest absolute Gasteiger partial charge is 0.371 e. The first-order chi connectivity index (χ1) is 9.54. The maximum atomic E-state index is 6.20. The molecule has 1 aromatic rings. The first-order valence-electron chi connectivity index (χ1n) is 7.59. The lowest BCUT2D eigenvalue weighted by atomic mass is 9.80. The zero-order valence-electron chi connectivity index (χ0n) is 12.9. The van der Waals surface area contributed by atoms with Crippen LogP contribution in [0.2, 0.25) is 0 Å². The Labute approximate surface area is 137 Å². The number of piperidine rings is 1. The Morgan fingerprint density at radius 2 is 2.29 bits per heavy atom. The summed E-state index contributed by atoms with van der Waals surface area (Å²) in [6, 6.07) is 0.322. The summed E-state index contributed by atoms with van der Waals surface area (Å²) in [5.41, 5.74) is 6.41. The second-order valence-corrected chi connectivity index (χ2v) is 7.91. The second kappa shape index (κ2) is 6.92. The number of likely N-dealkylation sites (tertiary alicyclic amines) is 1. The quantitative estimate of drug-likeness (QED) is 0.925. The SMILES string of the molecule is CC1(C)CN(Cc2cnc(C3CCCO3)s2)CCC1N.Cl. The van der Waals surface area contributed by atoms with E-state index in [-0.39, 0.29) is 23.9 Å². The Morgan fingerprint density at radius 1 is 1.48 bits per heavy atom. The number of rotatable bonds is 3. The molecule has 0 saturated carbocycles. The average molecular weight is 332 g/mol. The van der Waals surface area contributed by atoms with Gasteiger partial charge in [-0.1, -0.05) is 13.8 Å². The van der Waals surface area contributed by atoms with Crippen molar-refractivity contribution >= 4 is 23.7 Å². The number of aromatic nitrogens is 1. The van der Waals surface area contributed by atoms with Gasteiger partial charge in [-0.25, -0.2) is 4.98 Å². The molecule has 2 atom stereocenters. The molecule has 21 heavy (non-hydrogen) atoms. The summed E-state index contributed by atoms with van der Waals surface area (Å²) in [6.45, 7) is 8.60. The van der Waals surface area contributed by atoms with E-state index in [1.54, 1.807) is 0 Å². The summed E-state index contributed by atoms with van der Waals surface area (Å²) >= 11 is 1.82. The van der Waals surface area contributed by atoms with Crippen LogP contribution in [0.3, 0.4) is 0 Å². The number of hydrogen-bond acceptors (Lipinski definition) is 5. The highest BCUT2D eigenvalue weighted by Crippen LogP contribution is 2.33. The van der Waals surface area contributed by atoms with Gasteiger partial charge in [0.15, 0.2) is 0 Å². The minimum absolute atomic E-state index is 0. The van der Waals surface area contributed by atoms with Crippen LogP contribution < -0.4 is 5.73 Å². The molecule has 120 valence electrons. The Bertz CT molecular complexity index is 460. The third-order valence-electron chi connectivity index (χ3n) is 4.55. The van der Waals surface area contributed by atoms with Gasteiger partial charge in [0.05, 0.1) is 0 Å². The zero-order valence-corrected chi connectivity index (χ0v) is 14.5. The molecule has 0 aromatic carbocycles. The molecule has 3 heterocycles. The van der Waals surface area contributed by atoms with Gasteiger partial charge >= 0.3 is 0 Å². The van der Waals surface area contributed by atoms with E-state index in [1.807, 2.05) is 17.5 Å². The Hall–Kier alpha value is -0.200. The van der Waals surface area contributed by atoms with Crippen LogP contribution in [-0.4, -0.2) is 35.6 Å². The number of nitrogens with two attached hydrogens (primary N) is 1. The molecular weight excluding hydrogens is 306 g/mol. The van der Waals surface area contributed by atoms with Gasteiger partial charge in [0.1, 0.15) is 11.1 Å². The number of thiazole rings is 1. The van der Waals surface area contributed by atoms with Gasteiger partial charge in [-0.15, -0.1) is 23.7 Å². The van der Waals surface area contributed by atoms with Crippen molar-refractivity contribution in [1.29, 1.82) is 0 Å². The smallest absolute Gasteiger partial charge is 0.122 e. The van der Waals surface area contributed by atoms with E-state index in [9.17, 15) is 0 Å². The third-order valence-corrected chi connectivity index (χ3v) is 5.62. The fraction of sp³-hybridized carbons (Fsp3) is 0.800. The van der Waals surface area contributed by atoms with Crippen molar-refractivity contribution in [2.75, 3.05) is 19.7 Å². The lowest BCUT2D eigenvalue weighted by molar-refractivity contribution is 0.0906. The van der Waals surface area contributed by atoms with E-state index in [1.165, 1.54) is 4.88 Å². The molecule has 1 aromatic heterocycles. The van der Waals surface area contributed by atoms with E-state index < -0.39 is 0 Å².